The number of hydrogen-bond acceptors (Lipinski definition) is 8. The van der Waals surface area contributed by atoms with Gasteiger partial charge < -0.3 is 19.7 Å². The van der Waals surface area contributed by atoms with Crippen LogP contribution in [0.3, 0.4) is 0 Å². The fourth-order valence-corrected chi connectivity index (χ4v) is 6.26. The maximum Gasteiger partial charge on any atom is 0.243 e. The fourth-order valence-electron chi connectivity index (χ4n) is 4.82. The summed E-state index contributed by atoms with van der Waals surface area (Å²) in [5.41, 5.74) is 0.908. The van der Waals surface area contributed by atoms with Gasteiger partial charge in [0.1, 0.15) is 5.82 Å². The van der Waals surface area contributed by atoms with Crippen molar-refractivity contribution in [1.82, 2.24) is 14.3 Å². The Morgan fingerprint density at radius 2 is 1.65 bits per heavy atom. The summed E-state index contributed by atoms with van der Waals surface area (Å²) in [7, 11) is -3.62. The van der Waals surface area contributed by atoms with E-state index in [-0.39, 0.29) is 4.90 Å². The van der Waals surface area contributed by atoms with Gasteiger partial charge in [-0.1, -0.05) is 19.3 Å². The average molecular weight is 488 g/mol. The second kappa shape index (κ2) is 9.95. The zero-order chi connectivity index (χ0) is 23.5. The minimum atomic E-state index is -3.62. The van der Waals surface area contributed by atoms with Gasteiger partial charge in [-0.2, -0.15) is 9.29 Å². The Morgan fingerprint density at radius 3 is 2.41 bits per heavy atom. The number of sulfonamides is 1. The highest BCUT2D eigenvalue weighted by molar-refractivity contribution is 7.89. The van der Waals surface area contributed by atoms with Gasteiger partial charge in [0, 0.05) is 56.5 Å². The molecule has 0 unspecified atom stereocenters. The summed E-state index contributed by atoms with van der Waals surface area (Å²) in [6.45, 7) is 5.00. The van der Waals surface area contributed by atoms with Crippen molar-refractivity contribution in [3.63, 3.8) is 0 Å². The van der Waals surface area contributed by atoms with Crippen LogP contribution in [0.5, 0.6) is 11.5 Å². The maximum absolute atomic E-state index is 13.3. The molecule has 2 fully saturated rings. The SMILES string of the molecule is Cc1cc(N2CCN(S(=O)(=O)c3ccc4c(c3)OCCCO4)CC2)nc(NC2CCCCC2)n1. The predicted molar refractivity (Wildman–Crippen MR) is 130 cm³/mol. The number of benzene rings is 1. The highest BCUT2D eigenvalue weighted by Gasteiger charge is 2.30. The Balaban J connectivity index is 1.26. The number of nitrogens with one attached hydrogen (secondary N) is 1. The molecule has 9 nitrogen and oxygen atoms in total. The number of hydrogen-bond donors (Lipinski definition) is 1. The molecule has 3 aliphatic rings. The van der Waals surface area contributed by atoms with E-state index in [9.17, 15) is 8.42 Å². The number of ether oxygens (including phenoxy) is 2. The summed E-state index contributed by atoms with van der Waals surface area (Å²) < 4.78 is 39.5. The number of rotatable bonds is 5. The fraction of sp³-hybridized carbons (Fsp3) is 0.583. The first-order chi connectivity index (χ1) is 16.5. The molecule has 3 heterocycles. The molecule has 10 heteroatoms. The number of aryl methyl sites for hydroxylation is 1. The molecular weight excluding hydrogens is 454 g/mol. The Hall–Kier alpha value is -2.59. The van der Waals surface area contributed by atoms with E-state index in [0.29, 0.717) is 62.9 Å². The quantitative estimate of drug-likeness (QED) is 0.687. The van der Waals surface area contributed by atoms with Gasteiger partial charge in [-0.15, -0.1) is 0 Å². The minimum absolute atomic E-state index is 0.238. The van der Waals surface area contributed by atoms with Crippen molar-refractivity contribution in [3.8, 4) is 11.5 Å². The zero-order valence-electron chi connectivity index (χ0n) is 19.7. The summed E-state index contributed by atoms with van der Waals surface area (Å²) >= 11 is 0. The van der Waals surface area contributed by atoms with Crippen LogP contribution in [0.1, 0.15) is 44.2 Å². The van der Waals surface area contributed by atoms with Crippen molar-refractivity contribution in [3.05, 3.63) is 30.0 Å². The van der Waals surface area contributed by atoms with Gasteiger partial charge in [-0.25, -0.2) is 13.4 Å². The lowest BCUT2D eigenvalue weighted by Crippen LogP contribution is -2.49. The molecule has 1 aromatic heterocycles. The van der Waals surface area contributed by atoms with Crippen molar-refractivity contribution in [2.45, 2.75) is 56.4 Å². The third-order valence-corrected chi connectivity index (χ3v) is 8.59. The Bertz CT molecular complexity index is 1110. The molecule has 1 aliphatic carbocycles. The monoisotopic (exact) mass is 487 g/mol. The van der Waals surface area contributed by atoms with E-state index in [0.717, 1.165) is 30.8 Å². The first kappa shape index (κ1) is 23.2. The van der Waals surface area contributed by atoms with Gasteiger partial charge in [0.2, 0.25) is 16.0 Å². The van der Waals surface area contributed by atoms with Crippen LogP contribution in [0.15, 0.2) is 29.2 Å². The molecule has 0 bridgehead atoms. The topological polar surface area (TPSA) is 96.9 Å². The summed E-state index contributed by atoms with van der Waals surface area (Å²) in [5, 5.41) is 3.51. The molecule has 1 N–H and O–H groups in total. The van der Waals surface area contributed by atoms with Crippen LogP contribution in [0.2, 0.25) is 0 Å². The van der Waals surface area contributed by atoms with Gasteiger partial charge in [0.15, 0.2) is 11.5 Å². The number of anilines is 2. The summed E-state index contributed by atoms with van der Waals surface area (Å²) in [4.78, 5) is 11.7. The second-order valence-corrected chi connectivity index (χ2v) is 11.2. The van der Waals surface area contributed by atoms with Crippen LogP contribution in [0.4, 0.5) is 11.8 Å². The summed E-state index contributed by atoms with van der Waals surface area (Å²) in [6.07, 6.45) is 6.88. The predicted octanol–water partition coefficient (Wildman–Crippen LogP) is 3.20. The lowest BCUT2D eigenvalue weighted by molar-refractivity contribution is 0.296. The van der Waals surface area contributed by atoms with E-state index in [1.807, 2.05) is 13.0 Å². The Kier molecular flexibility index (Phi) is 6.78. The highest BCUT2D eigenvalue weighted by atomic mass is 32.2. The van der Waals surface area contributed by atoms with E-state index in [1.54, 1.807) is 18.2 Å². The van der Waals surface area contributed by atoms with E-state index in [4.69, 9.17) is 14.5 Å². The minimum Gasteiger partial charge on any atom is -0.490 e. The van der Waals surface area contributed by atoms with E-state index < -0.39 is 10.0 Å². The molecule has 1 saturated heterocycles. The lowest BCUT2D eigenvalue weighted by atomic mass is 9.96. The number of nitrogens with zero attached hydrogens (tertiary/aromatic N) is 4. The average Bonchev–Trinajstić information content (AvgIpc) is 3.09. The second-order valence-electron chi connectivity index (χ2n) is 9.22. The van der Waals surface area contributed by atoms with Crippen LogP contribution < -0.4 is 19.7 Å². The third-order valence-electron chi connectivity index (χ3n) is 6.70. The van der Waals surface area contributed by atoms with E-state index in [1.165, 1.54) is 23.6 Å². The first-order valence-corrected chi connectivity index (χ1v) is 13.7. The first-order valence-electron chi connectivity index (χ1n) is 12.3. The van der Waals surface area contributed by atoms with Crippen LogP contribution in [-0.4, -0.2) is 68.1 Å². The van der Waals surface area contributed by atoms with Crippen molar-refractivity contribution in [1.29, 1.82) is 0 Å². The number of piperazine rings is 1. The van der Waals surface area contributed by atoms with Crippen LogP contribution in [-0.2, 0) is 10.0 Å². The molecule has 0 spiro atoms. The van der Waals surface area contributed by atoms with Crippen molar-refractivity contribution in [2.75, 3.05) is 49.6 Å². The van der Waals surface area contributed by atoms with Crippen molar-refractivity contribution >= 4 is 21.8 Å². The van der Waals surface area contributed by atoms with Gasteiger partial charge in [-0.05, 0) is 31.9 Å². The lowest BCUT2D eigenvalue weighted by Gasteiger charge is -2.35. The van der Waals surface area contributed by atoms with Crippen LogP contribution in [0, 0.1) is 6.92 Å². The largest absolute Gasteiger partial charge is 0.490 e. The molecule has 0 amide bonds. The van der Waals surface area contributed by atoms with E-state index >= 15 is 0 Å². The molecule has 184 valence electrons. The Labute approximate surface area is 201 Å². The number of aromatic nitrogens is 2. The molecule has 1 aromatic carbocycles. The van der Waals surface area contributed by atoms with E-state index in [2.05, 4.69) is 15.2 Å². The van der Waals surface area contributed by atoms with Crippen LogP contribution in [0.25, 0.3) is 0 Å². The standard InChI is InChI=1S/C24H33N5O4S/c1-18-16-23(27-24(25-18)26-19-6-3-2-4-7-19)28-10-12-29(13-11-28)34(30,31)20-8-9-21-22(17-20)33-15-5-14-32-21/h8-9,16-17,19H,2-7,10-15H2,1H3,(H,25,26,27). The third kappa shape index (κ3) is 5.07. The van der Waals surface area contributed by atoms with Crippen molar-refractivity contribution < 1.29 is 17.9 Å². The molecule has 2 aromatic rings. The molecule has 5 rings (SSSR count). The molecular formula is C24H33N5O4S. The van der Waals surface area contributed by atoms with Gasteiger partial charge in [0.05, 0.1) is 18.1 Å². The summed E-state index contributed by atoms with van der Waals surface area (Å²) in [5.74, 6) is 2.60. The molecule has 2 aliphatic heterocycles. The number of fused-ring (bicyclic) bond motifs is 1. The smallest absolute Gasteiger partial charge is 0.243 e. The molecule has 1 saturated carbocycles. The highest BCUT2D eigenvalue weighted by Crippen LogP contribution is 2.33. The van der Waals surface area contributed by atoms with Crippen molar-refractivity contribution in [2.24, 2.45) is 0 Å². The summed E-state index contributed by atoms with van der Waals surface area (Å²) in [6, 6.07) is 7.28. The van der Waals surface area contributed by atoms with Gasteiger partial charge in [0.25, 0.3) is 0 Å². The van der Waals surface area contributed by atoms with Gasteiger partial charge >= 0.3 is 0 Å². The molecule has 0 atom stereocenters. The van der Waals surface area contributed by atoms with Gasteiger partial charge in [-0.3, -0.25) is 0 Å². The Morgan fingerprint density at radius 1 is 0.912 bits per heavy atom. The van der Waals surface area contributed by atoms with Crippen LogP contribution >= 0.6 is 0 Å². The zero-order valence-corrected chi connectivity index (χ0v) is 20.5. The normalized spacial score (nSPS) is 20.1. The molecule has 0 radical (unpaired) electrons. The maximum atomic E-state index is 13.3. The molecule has 34 heavy (non-hydrogen) atoms.